The van der Waals surface area contributed by atoms with Crippen LogP contribution in [0.25, 0.3) is 0 Å². The lowest BCUT2D eigenvalue weighted by Crippen LogP contribution is -2.73. The minimum Gasteiger partial charge on any atom is -0.466 e. The predicted octanol–water partition coefficient (Wildman–Crippen LogP) is 3.26. The highest BCUT2D eigenvalue weighted by molar-refractivity contribution is 5.83. The van der Waals surface area contributed by atoms with Gasteiger partial charge in [0.05, 0.1) is 12.6 Å². The first-order valence-corrected chi connectivity index (χ1v) is 9.03. The number of esters is 1. The Kier molecular flexibility index (Phi) is 5.88. The molecule has 0 spiro atoms. The SMILES string of the molecule is CCOC(=O)[C@H]1[C@H](c2cccc(Oc3ccccc3)c2)NC(=O)N[C@@]1(O)C(F)(F)F. The van der Waals surface area contributed by atoms with Gasteiger partial charge in [-0.25, -0.2) is 4.79 Å². The molecule has 2 aromatic carbocycles. The molecule has 10 heteroatoms. The van der Waals surface area contributed by atoms with Gasteiger partial charge in [-0.1, -0.05) is 30.3 Å². The number of hydrogen-bond acceptors (Lipinski definition) is 5. The van der Waals surface area contributed by atoms with Crippen molar-refractivity contribution in [2.45, 2.75) is 24.9 Å². The maximum atomic E-state index is 13.7. The van der Waals surface area contributed by atoms with Gasteiger partial charge in [-0.05, 0) is 36.8 Å². The van der Waals surface area contributed by atoms with Crippen molar-refractivity contribution in [1.29, 1.82) is 0 Å². The fourth-order valence-corrected chi connectivity index (χ4v) is 3.21. The van der Waals surface area contributed by atoms with Crippen LogP contribution in [-0.2, 0) is 9.53 Å². The number of ether oxygens (including phenoxy) is 2. The molecule has 2 aromatic rings. The van der Waals surface area contributed by atoms with E-state index in [9.17, 15) is 27.9 Å². The van der Waals surface area contributed by atoms with Crippen LogP contribution < -0.4 is 15.4 Å². The van der Waals surface area contributed by atoms with Crippen molar-refractivity contribution in [3.8, 4) is 11.5 Å². The van der Waals surface area contributed by atoms with Crippen LogP contribution in [-0.4, -0.2) is 35.6 Å². The van der Waals surface area contributed by atoms with E-state index in [0.717, 1.165) is 0 Å². The van der Waals surface area contributed by atoms with Crippen molar-refractivity contribution < 1.29 is 37.3 Å². The van der Waals surface area contributed by atoms with E-state index in [2.05, 4.69) is 5.32 Å². The molecule has 0 aromatic heterocycles. The van der Waals surface area contributed by atoms with Gasteiger partial charge in [-0.2, -0.15) is 13.2 Å². The topological polar surface area (TPSA) is 96.9 Å². The van der Waals surface area contributed by atoms with E-state index in [-0.39, 0.29) is 17.9 Å². The van der Waals surface area contributed by atoms with Gasteiger partial charge in [-0.15, -0.1) is 0 Å². The number of carbonyl (C=O) groups excluding carboxylic acids is 2. The van der Waals surface area contributed by atoms with Gasteiger partial charge in [-0.3, -0.25) is 4.79 Å². The summed E-state index contributed by atoms with van der Waals surface area (Å²) in [4.78, 5) is 24.4. The van der Waals surface area contributed by atoms with Crippen LogP contribution in [0.3, 0.4) is 0 Å². The Morgan fingerprint density at radius 1 is 1.13 bits per heavy atom. The van der Waals surface area contributed by atoms with Crippen molar-refractivity contribution >= 4 is 12.0 Å². The van der Waals surface area contributed by atoms with Crippen molar-refractivity contribution in [2.75, 3.05) is 6.61 Å². The normalized spacial score (nSPS) is 23.8. The summed E-state index contributed by atoms with van der Waals surface area (Å²) in [5.41, 5.74) is -3.69. The Labute approximate surface area is 169 Å². The highest BCUT2D eigenvalue weighted by Gasteiger charge is 2.67. The molecule has 1 fully saturated rings. The van der Waals surface area contributed by atoms with Gasteiger partial charge < -0.3 is 25.2 Å². The monoisotopic (exact) mass is 424 g/mol. The van der Waals surface area contributed by atoms with E-state index >= 15 is 0 Å². The third-order valence-corrected chi connectivity index (χ3v) is 4.54. The molecule has 7 nitrogen and oxygen atoms in total. The molecule has 0 bridgehead atoms. The van der Waals surface area contributed by atoms with Crippen LogP contribution in [0.2, 0.25) is 0 Å². The first-order chi connectivity index (χ1) is 14.2. The summed E-state index contributed by atoms with van der Waals surface area (Å²) in [5, 5.41) is 14.0. The average molecular weight is 424 g/mol. The second-order valence-electron chi connectivity index (χ2n) is 6.56. The molecule has 1 aliphatic rings. The molecule has 0 unspecified atom stereocenters. The fraction of sp³-hybridized carbons (Fsp3) is 0.300. The van der Waals surface area contributed by atoms with Gasteiger partial charge in [0.2, 0.25) is 0 Å². The molecule has 0 radical (unpaired) electrons. The Morgan fingerprint density at radius 3 is 2.43 bits per heavy atom. The zero-order chi connectivity index (χ0) is 21.9. The van der Waals surface area contributed by atoms with Crippen LogP contribution in [0.4, 0.5) is 18.0 Å². The van der Waals surface area contributed by atoms with Crippen LogP contribution in [0.15, 0.2) is 54.6 Å². The van der Waals surface area contributed by atoms with Gasteiger partial charge in [0.1, 0.15) is 17.4 Å². The standard InChI is InChI=1S/C20H19F3N2O5/c1-2-29-17(26)15-16(24-18(27)25-19(15,28)20(21,22)23)12-7-6-10-14(11-12)30-13-8-4-3-5-9-13/h3-11,15-16,28H,2H2,1H3,(H2,24,25,27)/t15-,16+,19+/m1/s1. The Hall–Kier alpha value is -3.27. The molecular weight excluding hydrogens is 405 g/mol. The number of rotatable bonds is 5. The molecule has 0 aliphatic carbocycles. The Balaban J connectivity index is 2.02. The quantitative estimate of drug-likeness (QED) is 0.641. The molecule has 1 aliphatic heterocycles. The van der Waals surface area contributed by atoms with Crippen LogP contribution in [0.5, 0.6) is 11.5 Å². The first-order valence-electron chi connectivity index (χ1n) is 9.03. The number of halogens is 3. The summed E-state index contributed by atoms with van der Waals surface area (Å²) in [6.07, 6.45) is -5.33. The summed E-state index contributed by atoms with van der Waals surface area (Å²) in [5.74, 6) is -2.76. The largest absolute Gasteiger partial charge is 0.466 e. The number of urea groups is 1. The smallest absolute Gasteiger partial charge is 0.437 e. The lowest BCUT2D eigenvalue weighted by atomic mass is 9.82. The molecular formula is C20H19F3N2O5. The second-order valence-corrected chi connectivity index (χ2v) is 6.56. The van der Waals surface area contributed by atoms with Gasteiger partial charge in [0.15, 0.2) is 0 Å². The average Bonchev–Trinajstić information content (AvgIpc) is 2.67. The number of para-hydroxylation sites is 1. The zero-order valence-electron chi connectivity index (χ0n) is 15.8. The zero-order valence-corrected chi connectivity index (χ0v) is 15.8. The van der Waals surface area contributed by atoms with Crippen molar-refractivity contribution in [3.05, 3.63) is 60.2 Å². The highest BCUT2D eigenvalue weighted by Crippen LogP contribution is 2.43. The van der Waals surface area contributed by atoms with Crippen molar-refractivity contribution in [3.63, 3.8) is 0 Å². The van der Waals surface area contributed by atoms with Crippen LogP contribution >= 0.6 is 0 Å². The van der Waals surface area contributed by atoms with Gasteiger partial charge >= 0.3 is 18.2 Å². The number of carbonyl (C=O) groups is 2. The third kappa shape index (κ3) is 4.18. The number of nitrogens with one attached hydrogen (secondary N) is 2. The number of alkyl halides is 3. The molecule has 3 atom stereocenters. The number of aliphatic hydroxyl groups is 1. The van der Waals surface area contributed by atoms with E-state index < -0.39 is 35.9 Å². The van der Waals surface area contributed by atoms with Crippen molar-refractivity contribution in [2.24, 2.45) is 5.92 Å². The summed E-state index contributed by atoms with van der Waals surface area (Å²) in [6.45, 7) is 1.21. The molecule has 160 valence electrons. The maximum absolute atomic E-state index is 13.7. The molecule has 3 N–H and O–H groups in total. The Bertz CT molecular complexity index is 922. The predicted molar refractivity (Wildman–Crippen MR) is 98.5 cm³/mol. The third-order valence-electron chi connectivity index (χ3n) is 4.54. The van der Waals surface area contributed by atoms with Crippen LogP contribution in [0.1, 0.15) is 18.5 Å². The maximum Gasteiger partial charge on any atom is 0.437 e. The van der Waals surface area contributed by atoms with E-state index in [1.165, 1.54) is 30.4 Å². The number of hydrogen-bond donors (Lipinski definition) is 3. The highest BCUT2D eigenvalue weighted by atomic mass is 19.4. The van der Waals surface area contributed by atoms with Gasteiger partial charge in [0, 0.05) is 0 Å². The fourth-order valence-electron chi connectivity index (χ4n) is 3.21. The van der Waals surface area contributed by atoms with E-state index in [0.29, 0.717) is 5.75 Å². The molecule has 1 heterocycles. The molecule has 2 amide bonds. The van der Waals surface area contributed by atoms with Gasteiger partial charge in [0.25, 0.3) is 5.72 Å². The molecule has 3 rings (SSSR count). The Morgan fingerprint density at radius 2 is 1.80 bits per heavy atom. The second kappa shape index (κ2) is 8.23. The van der Waals surface area contributed by atoms with Crippen LogP contribution in [0, 0.1) is 5.92 Å². The molecule has 1 saturated heterocycles. The lowest BCUT2D eigenvalue weighted by Gasteiger charge is -2.44. The number of amides is 2. The van der Waals surface area contributed by atoms with E-state index in [1.54, 1.807) is 36.4 Å². The first kappa shape index (κ1) is 21.4. The lowest BCUT2D eigenvalue weighted by molar-refractivity contribution is -0.294. The summed E-state index contributed by atoms with van der Waals surface area (Å²) in [6, 6.07) is 11.7. The van der Waals surface area contributed by atoms with Crippen molar-refractivity contribution in [1.82, 2.24) is 10.6 Å². The minimum atomic E-state index is -5.33. The minimum absolute atomic E-state index is 0.124. The summed E-state index contributed by atoms with van der Waals surface area (Å²) >= 11 is 0. The number of benzene rings is 2. The summed E-state index contributed by atoms with van der Waals surface area (Å²) < 4.78 is 51.5. The molecule has 0 saturated carbocycles. The molecule has 30 heavy (non-hydrogen) atoms. The van der Waals surface area contributed by atoms with E-state index in [4.69, 9.17) is 9.47 Å². The summed E-state index contributed by atoms with van der Waals surface area (Å²) in [7, 11) is 0. The van der Waals surface area contributed by atoms with E-state index in [1.807, 2.05) is 0 Å².